The van der Waals surface area contributed by atoms with Crippen LogP contribution in [0.3, 0.4) is 0 Å². The SMILES string of the molecule is O=S(=O)(Cl)c1cc(CCl)c(OC(F)(F)F)nc1C(F)(F)F. The molecule has 0 amide bonds. The van der Waals surface area contributed by atoms with Gasteiger partial charge in [-0.2, -0.15) is 13.2 Å². The van der Waals surface area contributed by atoms with Crippen LogP contribution in [0.5, 0.6) is 5.88 Å². The summed E-state index contributed by atoms with van der Waals surface area (Å²) >= 11 is 5.24. The molecule has 0 radical (unpaired) electrons. The van der Waals surface area contributed by atoms with Crippen molar-refractivity contribution in [2.24, 2.45) is 0 Å². The lowest BCUT2D eigenvalue weighted by Crippen LogP contribution is -2.21. The second-order valence-corrected chi connectivity index (χ2v) is 6.22. The van der Waals surface area contributed by atoms with E-state index in [1.807, 2.05) is 0 Å². The average molecular weight is 378 g/mol. The molecule has 0 fully saturated rings. The van der Waals surface area contributed by atoms with Crippen molar-refractivity contribution in [1.82, 2.24) is 4.98 Å². The Balaban J connectivity index is 3.65. The highest BCUT2D eigenvalue weighted by Crippen LogP contribution is 2.38. The molecule has 0 saturated carbocycles. The molecule has 4 nitrogen and oxygen atoms in total. The smallest absolute Gasteiger partial charge is 0.388 e. The maximum Gasteiger partial charge on any atom is 0.574 e. The van der Waals surface area contributed by atoms with E-state index < -0.39 is 49.5 Å². The number of rotatable bonds is 3. The molecule has 0 spiro atoms. The van der Waals surface area contributed by atoms with Gasteiger partial charge < -0.3 is 4.74 Å². The molecule has 1 aromatic rings. The van der Waals surface area contributed by atoms with Gasteiger partial charge in [0.15, 0.2) is 5.69 Å². The lowest BCUT2D eigenvalue weighted by Gasteiger charge is -2.15. The van der Waals surface area contributed by atoms with E-state index in [0.29, 0.717) is 0 Å². The summed E-state index contributed by atoms with van der Waals surface area (Å²) in [5.74, 6) is -2.29. The molecule has 1 heterocycles. The second-order valence-electron chi connectivity index (χ2n) is 3.42. The zero-order valence-corrected chi connectivity index (χ0v) is 11.7. The first-order valence-electron chi connectivity index (χ1n) is 4.63. The summed E-state index contributed by atoms with van der Waals surface area (Å²) in [6.45, 7) is 0. The first-order chi connectivity index (χ1) is 9.25. The number of hydrogen-bond acceptors (Lipinski definition) is 4. The molecule has 13 heteroatoms. The van der Waals surface area contributed by atoms with E-state index in [2.05, 4.69) is 9.72 Å². The van der Waals surface area contributed by atoms with Gasteiger partial charge in [0.05, 0.1) is 5.88 Å². The maximum absolute atomic E-state index is 12.7. The minimum Gasteiger partial charge on any atom is -0.388 e. The quantitative estimate of drug-likeness (QED) is 0.458. The summed E-state index contributed by atoms with van der Waals surface area (Å²) in [6, 6.07) is 0.228. The van der Waals surface area contributed by atoms with Crippen LogP contribution in [-0.2, 0) is 21.1 Å². The Labute approximate surface area is 123 Å². The maximum atomic E-state index is 12.7. The number of hydrogen-bond donors (Lipinski definition) is 0. The Hall–Kier alpha value is -0.940. The van der Waals surface area contributed by atoms with Crippen LogP contribution in [0, 0.1) is 0 Å². The van der Waals surface area contributed by atoms with Crippen LogP contribution >= 0.6 is 22.3 Å². The van der Waals surface area contributed by atoms with Gasteiger partial charge >= 0.3 is 12.5 Å². The van der Waals surface area contributed by atoms with E-state index >= 15 is 0 Å². The number of pyridine rings is 1. The summed E-state index contributed by atoms with van der Waals surface area (Å²) < 4.78 is 99.7. The van der Waals surface area contributed by atoms with Gasteiger partial charge in [0, 0.05) is 16.2 Å². The zero-order valence-electron chi connectivity index (χ0n) is 9.39. The van der Waals surface area contributed by atoms with Gasteiger partial charge in [0.25, 0.3) is 9.05 Å². The predicted octanol–water partition coefficient (Wildman–Crippen LogP) is 3.67. The number of aromatic nitrogens is 1. The van der Waals surface area contributed by atoms with E-state index in [9.17, 15) is 34.8 Å². The van der Waals surface area contributed by atoms with Crippen LogP contribution < -0.4 is 4.74 Å². The standard InChI is InChI=1S/C8H3Cl2F6NO3S/c9-2-3-1-4(21(10,18)19)5(7(11,12)13)17-6(3)20-8(14,15)16/h1H,2H2. The van der Waals surface area contributed by atoms with E-state index in [0.717, 1.165) is 0 Å². The first-order valence-corrected chi connectivity index (χ1v) is 7.47. The van der Waals surface area contributed by atoms with Crippen molar-refractivity contribution in [3.8, 4) is 5.88 Å². The summed E-state index contributed by atoms with van der Waals surface area (Å²) in [4.78, 5) is 1.04. The van der Waals surface area contributed by atoms with Crippen LogP contribution in [0.1, 0.15) is 11.3 Å². The normalized spacial score (nSPS) is 13.3. The van der Waals surface area contributed by atoms with Crippen molar-refractivity contribution in [1.29, 1.82) is 0 Å². The summed E-state index contributed by atoms with van der Waals surface area (Å²) in [5, 5.41) is 0. The lowest BCUT2D eigenvalue weighted by atomic mass is 10.2. The fourth-order valence-corrected chi connectivity index (χ4v) is 2.42. The molecule has 0 unspecified atom stereocenters. The second kappa shape index (κ2) is 5.69. The van der Waals surface area contributed by atoms with Crippen molar-refractivity contribution < 1.29 is 39.5 Å². The summed E-state index contributed by atoms with van der Waals surface area (Å²) in [7, 11) is -0.105. The van der Waals surface area contributed by atoms with Crippen LogP contribution in [-0.4, -0.2) is 19.8 Å². The van der Waals surface area contributed by atoms with Gasteiger partial charge in [0.2, 0.25) is 5.88 Å². The molecule has 0 N–H and O–H groups in total. The molecule has 0 aliphatic carbocycles. The Bertz CT molecular complexity index is 643. The van der Waals surface area contributed by atoms with Gasteiger partial charge in [-0.25, -0.2) is 13.4 Å². The van der Waals surface area contributed by atoms with Crippen molar-refractivity contribution >= 4 is 31.3 Å². The van der Waals surface area contributed by atoms with Crippen molar-refractivity contribution in [2.45, 2.75) is 23.3 Å². The third-order valence-electron chi connectivity index (χ3n) is 1.91. The highest BCUT2D eigenvalue weighted by Gasteiger charge is 2.41. The van der Waals surface area contributed by atoms with E-state index in [1.165, 1.54) is 0 Å². The highest BCUT2D eigenvalue weighted by atomic mass is 35.7. The third kappa shape index (κ3) is 4.78. The van der Waals surface area contributed by atoms with Gasteiger partial charge in [-0.3, -0.25) is 0 Å². The van der Waals surface area contributed by atoms with Crippen molar-refractivity contribution in [3.05, 3.63) is 17.3 Å². The van der Waals surface area contributed by atoms with Crippen LogP contribution in [0.25, 0.3) is 0 Å². The molecular formula is C8H3Cl2F6NO3S. The fourth-order valence-electron chi connectivity index (χ4n) is 1.20. The number of nitrogens with zero attached hydrogens (tertiary/aromatic N) is 1. The Morgan fingerprint density at radius 3 is 2.05 bits per heavy atom. The number of ether oxygens (including phenoxy) is 1. The summed E-state index contributed by atoms with van der Waals surface area (Å²) in [5.41, 5.74) is -2.85. The van der Waals surface area contributed by atoms with Crippen molar-refractivity contribution in [2.75, 3.05) is 0 Å². The van der Waals surface area contributed by atoms with E-state index in [1.54, 1.807) is 0 Å². The zero-order chi connectivity index (χ0) is 16.6. The average Bonchev–Trinajstić information content (AvgIpc) is 2.23. The summed E-state index contributed by atoms with van der Waals surface area (Å²) in [6.07, 6.45) is -10.7. The molecule has 0 aliphatic rings. The Morgan fingerprint density at radius 1 is 1.19 bits per heavy atom. The molecular weight excluding hydrogens is 375 g/mol. The monoisotopic (exact) mass is 377 g/mol. The van der Waals surface area contributed by atoms with Crippen LogP contribution in [0.4, 0.5) is 26.3 Å². The predicted molar refractivity (Wildman–Crippen MR) is 58.5 cm³/mol. The first kappa shape index (κ1) is 18.1. The molecule has 21 heavy (non-hydrogen) atoms. The van der Waals surface area contributed by atoms with Gasteiger partial charge in [-0.15, -0.1) is 24.8 Å². The molecule has 1 aromatic heterocycles. The Kier molecular flexibility index (Phi) is 4.91. The minimum absolute atomic E-state index is 0.228. The Morgan fingerprint density at radius 2 is 1.71 bits per heavy atom. The number of alkyl halides is 7. The molecule has 0 saturated heterocycles. The van der Waals surface area contributed by atoms with Crippen LogP contribution in [0.15, 0.2) is 11.0 Å². The fraction of sp³-hybridized carbons (Fsp3) is 0.375. The van der Waals surface area contributed by atoms with E-state index in [-0.39, 0.29) is 6.07 Å². The molecule has 0 aromatic carbocycles. The lowest BCUT2D eigenvalue weighted by molar-refractivity contribution is -0.276. The molecule has 0 atom stereocenters. The minimum atomic E-state index is -5.37. The highest BCUT2D eigenvalue weighted by molar-refractivity contribution is 8.13. The molecule has 120 valence electrons. The van der Waals surface area contributed by atoms with Crippen LogP contribution in [0.2, 0.25) is 0 Å². The van der Waals surface area contributed by atoms with Gasteiger partial charge in [-0.05, 0) is 6.07 Å². The topological polar surface area (TPSA) is 56.3 Å². The number of halogens is 8. The van der Waals surface area contributed by atoms with Crippen molar-refractivity contribution in [3.63, 3.8) is 0 Å². The molecule has 0 aliphatic heterocycles. The van der Waals surface area contributed by atoms with Gasteiger partial charge in [0.1, 0.15) is 4.90 Å². The largest absolute Gasteiger partial charge is 0.574 e. The molecule has 0 bridgehead atoms. The van der Waals surface area contributed by atoms with E-state index in [4.69, 9.17) is 22.3 Å². The van der Waals surface area contributed by atoms with Gasteiger partial charge in [-0.1, -0.05) is 0 Å². The molecule has 1 rings (SSSR count). The third-order valence-corrected chi connectivity index (χ3v) is 3.54.